The van der Waals surface area contributed by atoms with Crippen molar-refractivity contribution >= 4 is 21.7 Å². The molecule has 0 amide bonds. The molecule has 94 valence electrons. The average molecular weight is 308 g/mol. The van der Waals surface area contributed by atoms with Crippen molar-refractivity contribution in [3.05, 3.63) is 52.9 Å². The molecule has 2 heterocycles. The summed E-state index contributed by atoms with van der Waals surface area (Å²) in [6, 6.07) is 7.78. The molecule has 4 nitrogen and oxygen atoms in total. The third kappa shape index (κ3) is 3.51. The number of nitrogens with zero attached hydrogens (tertiary/aromatic N) is 3. The lowest BCUT2D eigenvalue weighted by molar-refractivity contribution is 0.301. The first-order chi connectivity index (χ1) is 8.79. The summed E-state index contributed by atoms with van der Waals surface area (Å²) in [7, 11) is 0. The second kappa shape index (κ2) is 6.47. The zero-order valence-corrected chi connectivity index (χ0v) is 11.4. The topological polar surface area (TPSA) is 49.2 Å². The molecule has 0 atom stereocenters. The molecule has 0 saturated heterocycles. The van der Waals surface area contributed by atoms with E-state index in [1.54, 1.807) is 12.4 Å². The number of aliphatic hydroxyl groups excluding tert-OH is 1. The summed E-state index contributed by atoms with van der Waals surface area (Å²) in [6.45, 7) is 1.32. The van der Waals surface area contributed by atoms with E-state index in [1.807, 2.05) is 35.4 Å². The Morgan fingerprint density at radius 1 is 1.22 bits per heavy atom. The van der Waals surface area contributed by atoms with Crippen molar-refractivity contribution in [2.75, 3.05) is 18.1 Å². The van der Waals surface area contributed by atoms with Crippen LogP contribution in [-0.4, -0.2) is 28.2 Å². The van der Waals surface area contributed by atoms with Crippen LogP contribution in [0.1, 0.15) is 5.56 Å². The van der Waals surface area contributed by atoms with E-state index in [0.29, 0.717) is 13.1 Å². The first-order valence-electron chi connectivity index (χ1n) is 5.66. The van der Waals surface area contributed by atoms with E-state index < -0.39 is 0 Å². The molecule has 0 aromatic carbocycles. The lowest BCUT2D eigenvalue weighted by Gasteiger charge is -2.22. The maximum absolute atomic E-state index is 9.14. The molecule has 18 heavy (non-hydrogen) atoms. The molecule has 0 aliphatic rings. The van der Waals surface area contributed by atoms with Crippen LogP contribution >= 0.6 is 15.9 Å². The van der Waals surface area contributed by atoms with Crippen molar-refractivity contribution in [2.45, 2.75) is 6.54 Å². The smallest absolute Gasteiger partial charge is 0.128 e. The van der Waals surface area contributed by atoms with Crippen molar-refractivity contribution in [2.24, 2.45) is 0 Å². The molecule has 0 spiro atoms. The average Bonchev–Trinajstić information content (AvgIpc) is 2.40. The fraction of sp³-hybridized carbons (Fsp3) is 0.231. The zero-order chi connectivity index (χ0) is 12.8. The molecule has 2 rings (SSSR count). The summed E-state index contributed by atoms with van der Waals surface area (Å²) >= 11 is 3.36. The highest BCUT2D eigenvalue weighted by Gasteiger charge is 2.08. The summed E-state index contributed by atoms with van der Waals surface area (Å²) in [5, 5.41) is 9.14. The van der Waals surface area contributed by atoms with Gasteiger partial charge in [-0.25, -0.2) is 4.98 Å². The molecule has 0 aliphatic heterocycles. The Morgan fingerprint density at radius 2 is 2.11 bits per heavy atom. The molecule has 5 heteroatoms. The first-order valence-corrected chi connectivity index (χ1v) is 6.45. The van der Waals surface area contributed by atoms with Gasteiger partial charge in [0.15, 0.2) is 0 Å². The van der Waals surface area contributed by atoms with Crippen LogP contribution in [0.5, 0.6) is 0 Å². The maximum atomic E-state index is 9.14. The van der Waals surface area contributed by atoms with Crippen molar-refractivity contribution in [1.29, 1.82) is 0 Å². The van der Waals surface area contributed by atoms with E-state index in [2.05, 4.69) is 25.9 Å². The fourth-order valence-corrected chi connectivity index (χ4v) is 1.90. The van der Waals surface area contributed by atoms with Crippen LogP contribution in [-0.2, 0) is 6.54 Å². The predicted molar refractivity (Wildman–Crippen MR) is 74.3 cm³/mol. The third-order valence-electron chi connectivity index (χ3n) is 2.50. The Kier molecular flexibility index (Phi) is 4.66. The number of anilines is 1. The number of pyridine rings is 2. The standard InChI is InChI=1S/C13H14BrN3O/c14-12-3-4-13(16-9-12)17(6-7-18)10-11-2-1-5-15-8-11/h1-5,8-9,18H,6-7,10H2. The van der Waals surface area contributed by atoms with Gasteiger partial charge in [0.05, 0.1) is 6.61 Å². The van der Waals surface area contributed by atoms with Gasteiger partial charge in [-0.1, -0.05) is 6.07 Å². The molecule has 0 bridgehead atoms. The summed E-state index contributed by atoms with van der Waals surface area (Å²) < 4.78 is 0.941. The van der Waals surface area contributed by atoms with Gasteiger partial charge in [0, 0.05) is 36.2 Å². The van der Waals surface area contributed by atoms with Crippen molar-refractivity contribution < 1.29 is 5.11 Å². The highest BCUT2D eigenvalue weighted by molar-refractivity contribution is 9.10. The van der Waals surface area contributed by atoms with E-state index in [9.17, 15) is 0 Å². The molecule has 0 radical (unpaired) electrons. The van der Waals surface area contributed by atoms with Crippen molar-refractivity contribution in [3.8, 4) is 0 Å². The van der Waals surface area contributed by atoms with E-state index in [1.165, 1.54) is 0 Å². The van der Waals surface area contributed by atoms with Crippen LogP contribution in [0.3, 0.4) is 0 Å². The summed E-state index contributed by atoms with van der Waals surface area (Å²) in [5.41, 5.74) is 1.09. The molecular formula is C13H14BrN3O. The second-order valence-corrected chi connectivity index (χ2v) is 4.76. The number of aliphatic hydroxyl groups is 1. The van der Waals surface area contributed by atoms with Gasteiger partial charge < -0.3 is 10.0 Å². The largest absolute Gasteiger partial charge is 0.395 e. The van der Waals surface area contributed by atoms with Gasteiger partial charge in [0.25, 0.3) is 0 Å². The summed E-state index contributed by atoms with van der Waals surface area (Å²) in [5.74, 6) is 0.844. The normalized spacial score (nSPS) is 10.3. The Morgan fingerprint density at radius 3 is 2.72 bits per heavy atom. The number of hydrogen-bond donors (Lipinski definition) is 1. The van der Waals surface area contributed by atoms with Gasteiger partial charge in [-0.3, -0.25) is 4.98 Å². The monoisotopic (exact) mass is 307 g/mol. The summed E-state index contributed by atoms with van der Waals surface area (Å²) in [6.07, 6.45) is 5.32. The minimum Gasteiger partial charge on any atom is -0.395 e. The Balaban J connectivity index is 2.15. The highest BCUT2D eigenvalue weighted by Crippen LogP contribution is 2.16. The molecule has 0 fully saturated rings. The number of halogens is 1. The van der Waals surface area contributed by atoms with Gasteiger partial charge in [-0.05, 0) is 39.7 Å². The van der Waals surface area contributed by atoms with Crippen molar-refractivity contribution in [1.82, 2.24) is 9.97 Å². The Labute approximate surface area is 114 Å². The van der Waals surface area contributed by atoms with Crippen LogP contribution < -0.4 is 4.90 Å². The van der Waals surface area contributed by atoms with Crippen LogP contribution in [0.15, 0.2) is 47.3 Å². The predicted octanol–water partition coefficient (Wildman–Crippen LogP) is 2.24. The van der Waals surface area contributed by atoms with E-state index in [-0.39, 0.29) is 6.61 Å². The number of aromatic nitrogens is 2. The van der Waals surface area contributed by atoms with Crippen LogP contribution in [0.2, 0.25) is 0 Å². The lowest BCUT2D eigenvalue weighted by Crippen LogP contribution is -2.26. The third-order valence-corrected chi connectivity index (χ3v) is 2.97. The maximum Gasteiger partial charge on any atom is 0.128 e. The number of hydrogen-bond acceptors (Lipinski definition) is 4. The quantitative estimate of drug-likeness (QED) is 0.920. The van der Waals surface area contributed by atoms with Gasteiger partial charge >= 0.3 is 0 Å². The van der Waals surface area contributed by atoms with Gasteiger partial charge in [-0.2, -0.15) is 0 Å². The van der Waals surface area contributed by atoms with E-state index in [0.717, 1.165) is 15.9 Å². The molecule has 0 aliphatic carbocycles. The number of rotatable bonds is 5. The lowest BCUT2D eigenvalue weighted by atomic mass is 10.2. The van der Waals surface area contributed by atoms with Crippen LogP contribution in [0.4, 0.5) is 5.82 Å². The van der Waals surface area contributed by atoms with Crippen LogP contribution in [0.25, 0.3) is 0 Å². The van der Waals surface area contributed by atoms with E-state index >= 15 is 0 Å². The fourth-order valence-electron chi connectivity index (χ4n) is 1.66. The molecule has 0 saturated carbocycles. The van der Waals surface area contributed by atoms with Gasteiger partial charge in [-0.15, -0.1) is 0 Å². The first kappa shape index (κ1) is 13.0. The van der Waals surface area contributed by atoms with Crippen molar-refractivity contribution in [3.63, 3.8) is 0 Å². The molecule has 0 unspecified atom stereocenters. The van der Waals surface area contributed by atoms with Gasteiger partial charge in [0.2, 0.25) is 0 Å². The molecular weight excluding hydrogens is 294 g/mol. The minimum absolute atomic E-state index is 0.0952. The Bertz CT molecular complexity index is 475. The zero-order valence-electron chi connectivity index (χ0n) is 9.83. The molecule has 2 aromatic heterocycles. The second-order valence-electron chi connectivity index (χ2n) is 3.84. The molecule has 1 N–H and O–H groups in total. The highest BCUT2D eigenvalue weighted by atomic mass is 79.9. The van der Waals surface area contributed by atoms with E-state index in [4.69, 9.17) is 5.11 Å². The summed E-state index contributed by atoms with van der Waals surface area (Å²) in [4.78, 5) is 10.4. The molecule has 2 aromatic rings. The van der Waals surface area contributed by atoms with Crippen LogP contribution in [0, 0.1) is 0 Å². The Hall–Kier alpha value is -1.46. The minimum atomic E-state index is 0.0952. The van der Waals surface area contributed by atoms with Gasteiger partial charge in [0.1, 0.15) is 5.82 Å². The SMILES string of the molecule is OCCN(Cc1cccnc1)c1ccc(Br)cn1.